The van der Waals surface area contributed by atoms with Crippen molar-refractivity contribution in [3.63, 3.8) is 0 Å². The number of carbonyl (C=O) groups is 2. The minimum atomic E-state index is 0.0834. The number of carbonyl (C=O) groups excluding carboxylic acids is 2. The maximum atomic E-state index is 13.3. The molecule has 2 aliphatic heterocycles. The van der Waals surface area contributed by atoms with Crippen LogP contribution in [0.25, 0.3) is 0 Å². The third kappa shape index (κ3) is 4.28. The van der Waals surface area contributed by atoms with Gasteiger partial charge in [-0.2, -0.15) is 0 Å². The Kier molecular flexibility index (Phi) is 6.48. The fourth-order valence-corrected chi connectivity index (χ4v) is 5.03. The fourth-order valence-electron chi connectivity index (χ4n) is 5.03. The quantitative estimate of drug-likeness (QED) is 0.683. The predicted molar refractivity (Wildman–Crippen MR) is 114 cm³/mol. The third-order valence-corrected chi connectivity index (χ3v) is 6.93. The Hall–Kier alpha value is -1.86. The van der Waals surface area contributed by atoms with Crippen LogP contribution in [0, 0.1) is 19.8 Å². The molecule has 0 aromatic carbocycles. The average molecular weight is 418 g/mol. The molecule has 1 aromatic rings. The zero-order valence-corrected chi connectivity index (χ0v) is 18.6. The monoisotopic (exact) mass is 417 g/mol. The van der Waals surface area contributed by atoms with Gasteiger partial charge in [-0.25, -0.2) is 0 Å². The molecule has 0 radical (unpaired) electrons. The van der Waals surface area contributed by atoms with Crippen molar-refractivity contribution >= 4 is 11.8 Å². The van der Waals surface area contributed by atoms with Crippen molar-refractivity contribution in [1.29, 1.82) is 0 Å². The molecule has 3 aliphatic rings. The maximum absolute atomic E-state index is 13.3. The summed E-state index contributed by atoms with van der Waals surface area (Å²) < 4.78 is 12.9. The van der Waals surface area contributed by atoms with Crippen molar-refractivity contribution in [3.05, 3.63) is 23.0 Å². The first-order valence-electron chi connectivity index (χ1n) is 11.4. The van der Waals surface area contributed by atoms with Crippen LogP contribution in [0.15, 0.2) is 6.07 Å². The van der Waals surface area contributed by atoms with E-state index in [0.717, 1.165) is 68.8 Å². The highest BCUT2D eigenvalue weighted by atomic mass is 16.5. The highest BCUT2D eigenvalue weighted by Crippen LogP contribution is 2.35. The van der Waals surface area contributed by atoms with E-state index in [4.69, 9.17) is 9.47 Å². The SMILES string of the molecule is COCCn1c(C)cc(C(=O)N2CCC(N(C(=O)C3CC3)C3CCOCC3)C2)c1C. The molecule has 1 aromatic heterocycles. The van der Waals surface area contributed by atoms with Gasteiger partial charge in [0.1, 0.15) is 0 Å². The predicted octanol–water partition coefficient (Wildman–Crippen LogP) is 2.38. The van der Waals surface area contributed by atoms with Gasteiger partial charge in [-0.1, -0.05) is 0 Å². The number of hydrogen-bond donors (Lipinski definition) is 0. The Morgan fingerprint density at radius 1 is 1.13 bits per heavy atom. The van der Waals surface area contributed by atoms with Gasteiger partial charge in [0.25, 0.3) is 5.91 Å². The second-order valence-corrected chi connectivity index (χ2v) is 8.99. The molecule has 1 aliphatic carbocycles. The molecule has 7 nitrogen and oxygen atoms in total. The third-order valence-electron chi connectivity index (χ3n) is 6.93. The van der Waals surface area contributed by atoms with Crippen molar-refractivity contribution < 1.29 is 19.1 Å². The van der Waals surface area contributed by atoms with E-state index < -0.39 is 0 Å². The molecular formula is C23H35N3O4. The zero-order chi connectivity index (χ0) is 21.3. The lowest BCUT2D eigenvalue weighted by Crippen LogP contribution is -2.51. The largest absolute Gasteiger partial charge is 0.383 e. The summed E-state index contributed by atoms with van der Waals surface area (Å²) in [5.41, 5.74) is 2.85. The van der Waals surface area contributed by atoms with Crippen LogP contribution >= 0.6 is 0 Å². The van der Waals surface area contributed by atoms with Gasteiger partial charge in [0.05, 0.1) is 18.2 Å². The number of hydrogen-bond acceptors (Lipinski definition) is 4. The van der Waals surface area contributed by atoms with Crippen LogP contribution in [0.4, 0.5) is 0 Å². The number of ether oxygens (including phenoxy) is 2. The molecule has 1 atom stereocenters. The van der Waals surface area contributed by atoms with E-state index in [9.17, 15) is 9.59 Å². The van der Waals surface area contributed by atoms with Gasteiger partial charge < -0.3 is 23.8 Å². The summed E-state index contributed by atoms with van der Waals surface area (Å²) in [6, 6.07) is 2.37. The second kappa shape index (κ2) is 9.10. The molecule has 3 fully saturated rings. The van der Waals surface area contributed by atoms with E-state index in [1.165, 1.54) is 0 Å². The Balaban J connectivity index is 1.47. The number of amides is 2. The summed E-state index contributed by atoms with van der Waals surface area (Å²) in [5.74, 6) is 0.594. The lowest BCUT2D eigenvalue weighted by molar-refractivity contribution is -0.139. The first-order valence-corrected chi connectivity index (χ1v) is 11.4. The Morgan fingerprint density at radius 3 is 2.53 bits per heavy atom. The van der Waals surface area contributed by atoms with Crippen LogP contribution in [0.3, 0.4) is 0 Å². The minimum absolute atomic E-state index is 0.0834. The van der Waals surface area contributed by atoms with Gasteiger partial charge in [0.15, 0.2) is 0 Å². The normalized spacial score (nSPS) is 22.5. The van der Waals surface area contributed by atoms with E-state index in [-0.39, 0.29) is 23.9 Å². The zero-order valence-electron chi connectivity index (χ0n) is 18.6. The van der Waals surface area contributed by atoms with Crippen LogP contribution in [0.2, 0.25) is 0 Å². The molecule has 0 bridgehead atoms. The smallest absolute Gasteiger partial charge is 0.255 e. The van der Waals surface area contributed by atoms with Crippen molar-refractivity contribution in [1.82, 2.24) is 14.4 Å². The molecule has 7 heteroatoms. The molecule has 1 saturated carbocycles. The lowest BCUT2D eigenvalue weighted by atomic mass is 10.0. The van der Waals surface area contributed by atoms with E-state index >= 15 is 0 Å². The Bertz CT molecular complexity index is 780. The molecule has 2 amide bonds. The molecule has 3 heterocycles. The van der Waals surface area contributed by atoms with E-state index in [2.05, 4.69) is 9.47 Å². The van der Waals surface area contributed by atoms with Gasteiger partial charge in [-0.3, -0.25) is 9.59 Å². The van der Waals surface area contributed by atoms with Gasteiger partial charge in [0, 0.05) is 63.3 Å². The summed E-state index contributed by atoms with van der Waals surface area (Å²) in [7, 11) is 1.69. The van der Waals surface area contributed by atoms with E-state index in [0.29, 0.717) is 25.6 Å². The average Bonchev–Trinajstić information content (AvgIpc) is 3.43. The van der Waals surface area contributed by atoms with Gasteiger partial charge in [-0.05, 0) is 52.0 Å². The number of aromatic nitrogens is 1. The second-order valence-electron chi connectivity index (χ2n) is 8.99. The summed E-state index contributed by atoms with van der Waals surface area (Å²) in [5, 5.41) is 0. The summed E-state index contributed by atoms with van der Waals surface area (Å²) >= 11 is 0. The highest BCUT2D eigenvalue weighted by molar-refractivity contribution is 5.96. The topological polar surface area (TPSA) is 64.0 Å². The minimum Gasteiger partial charge on any atom is -0.383 e. The molecule has 0 spiro atoms. The molecule has 166 valence electrons. The van der Waals surface area contributed by atoms with Gasteiger partial charge in [0.2, 0.25) is 5.91 Å². The number of likely N-dealkylation sites (tertiary alicyclic amines) is 1. The van der Waals surface area contributed by atoms with E-state index in [1.807, 2.05) is 24.8 Å². The molecule has 2 saturated heterocycles. The van der Waals surface area contributed by atoms with Crippen molar-refractivity contribution in [2.24, 2.45) is 5.92 Å². The van der Waals surface area contributed by atoms with Crippen molar-refractivity contribution in [2.75, 3.05) is 40.0 Å². The number of aryl methyl sites for hydroxylation is 1. The molecule has 0 N–H and O–H groups in total. The maximum Gasteiger partial charge on any atom is 0.255 e. The number of methoxy groups -OCH3 is 1. The standard InChI is InChI=1S/C23H35N3O4/c1-16-14-21(17(2)25(16)10-13-29-3)23(28)24-9-6-20(15-24)26(22(27)18-4-5-18)19-7-11-30-12-8-19/h14,18-20H,4-13,15H2,1-3H3. The van der Waals surface area contributed by atoms with E-state index in [1.54, 1.807) is 7.11 Å². The first-order chi connectivity index (χ1) is 14.5. The van der Waals surface area contributed by atoms with Crippen molar-refractivity contribution in [3.8, 4) is 0 Å². The summed E-state index contributed by atoms with van der Waals surface area (Å²) in [6.45, 7) is 8.21. The van der Waals surface area contributed by atoms with Crippen LogP contribution in [-0.2, 0) is 20.8 Å². The van der Waals surface area contributed by atoms with Gasteiger partial charge in [-0.15, -0.1) is 0 Å². The van der Waals surface area contributed by atoms with Crippen molar-refractivity contribution in [2.45, 2.75) is 64.6 Å². The number of nitrogens with zero attached hydrogens (tertiary/aromatic N) is 3. The van der Waals surface area contributed by atoms with Crippen LogP contribution < -0.4 is 0 Å². The lowest BCUT2D eigenvalue weighted by Gasteiger charge is -2.38. The van der Waals surface area contributed by atoms with Crippen LogP contribution in [0.5, 0.6) is 0 Å². The Morgan fingerprint density at radius 2 is 1.87 bits per heavy atom. The fraction of sp³-hybridized carbons (Fsp3) is 0.739. The van der Waals surface area contributed by atoms with Gasteiger partial charge >= 0.3 is 0 Å². The van der Waals surface area contributed by atoms with Crippen LogP contribution in [-0.4, -0.2) is 78.3 Å². The Labute approximate surface area is 179 Å². The molecule has 30 heavy (non-hydrogen) atoms. The molecular weight excluding hydrogens is 382 g/mol. The van der Waals surface area contributed by atoms with Crippen LogP contribution in [0.1, 0.15) is 53.8 Å². The molecule has 1 unspecified atom stereocenters. The first kappa shape index (κ1) is 21.4. The molecule has 4 rings (SSSR count). The summed E-state index contributed by atoms with van der Waals surface area (Å²) in [4.78, 5) is 30.5. The number of rotatable bonds is 7. The summed E-state index contributed by atoms with van der Waals surface area (Å²) in [6.07, 6.45) is 4.71. The highest BCUT2D eigenvalue weighted by Gasteiger charge is 2.42.